The molecule has 0 aromatic carbocycles. The van der Waals surface area contributed by atoms with Crippen LogP contribution >= 0.6 is 0 Å². The number of methoxy groups -OCH3 is 1. The monoisotopic (exact) mass is 358 g/mol. The van der Waals surface area contributed by atoms with Crippen molar-refractivity contribution in [2.75, 3.05) is 26.7 Å². The molecule has 0 aliphatic carbocycles. The van der Waals surface area contributed by atoms with Crippen LogP contribution in [-0.2, 0) is 19.1 Å². The third-order valence-electron chi connectivity index (χ3n) is 4.30. The number of rotatable bonds is 9. The van der Waals surface area contributed by atoms with Gasteiger partial charge in [-0.25, -0.2) is 4.79 Å². The lowest BCUT2D eigenvalue weighted by Gasteiger charge is -2.31. The molecule has 25 heavy (non-hydrogen) atoms. The molecular formula is C18H34N2O5. The third kappa shape index (κ3) is 8.74. The highest BCUT2D eigenvalue weighted by atomic mass is 16.6. The number of carbonyl (C=O) groups is 3. The molecule has 1 aliphatic rings. The quantitative estimate of drug-likeness (QED) is 0.506. The van der Waals surface area contributed by atoms with Crippen molar-refractivity contribution >= 4 is 18.0 Å². The first kappa shape index (κ1) is 21.3. The molecule has 1 saturated heterocycles. The molecule has 1 rings (SSSR count). The Bertz CT molecular complexity index is 437. The predicted octanol–water partition coefficient (Wildman–Crippen LogP) is 2.73. The van der Waals surface area contributed by atoms with Crippen molar-refractivity contribution < 1.29 is 25.3 Å². The van der Waals surface area contributed by atoms with E-state index in [1.54, 1.807) is 4.90 Å². The van der Waals surface area contributed by atoms with Crippen LogP contribution in [0.5, 0.6) is 0 Å². The lowest BCUT2D eigenvalue weighted by Crippen LogP contribution is -2.43. The van der Waals surface area contributed by atoms with E-state index in [9.17, 15) is 14.4 Å². The Kier molecular flexibility index (Phi) is 9.96. The fraction of sp³-hybridized carbons (Fsp3) is 0.833. The van der Waals surface area contributed by atoms with Gasteiger partial charge in [0.05, 0.1) is 13.2 Å². The zero-order valence-corrected chi connectivity index (χ0v) is 15.7. The maximum atomic E-state index is 12.2. The van der Waals surface area contributed by atoms with Gasteiger partial charge in [-0.1, -0.05) is 12.8 Å². The average Bonchev–Trinajstić information content (AvgIpc) is 2.59. The number of piperidine rings is 1. The third-order valence-corrected chi connectivity index (χ3v) is 4.30. The number of likely N-dealkylation sites (tertiary alicyclic amines) is 1. The molecule has 0 spiro atoms. The summed E-state index contributed by atoms with van der Waals surface area (Å²) in [5.41, 5.74) is 0. The number of nitrogens with zero attached hydrogens (tertiary/aromatic N) is 1. The van der Waals surface area contributed by atoms with Gasteiger partial charge in [0.2, 0.25) is 5.91 Å². The number of amides is 2. The highest BCUT2D eigenvalue weighted by molar-refractivity contribution is 5.79. The SMILES string of the molecule is COC(=O)CCCCCCNC(=O)C1CCN(C(=O)OC(C)C)CC1.[HH]. The molecule has 0 bridgehead atoms. The zero-order valence-electron chi connectivity index (χ0n) is 15.7. The Labute approximate surface area is 151 Å². The number of hydrogen-bond acceptors (Lipinski definition) is 5. The van der Waals surface area contributed by atoms with Gasteiger partial charge in [0, 0.05) is 33.4 Å². The van der Waals surface area contributed by atoms with Gasteiger partial charge in [-0.3, -0.25) is 9.59 Å². The summed E-state index contributed by atoms with van der Waals surface area (Å²) < 4.78 is 9.77. The minimum absolute atomic E-state index is 0. The molecule has 0 aromatic rings. The molecule has 7 heteroatoms. The van der Waals surface area contributed by atoms with Gasteiger partial charge in [-0.15, -0.1) is 0 Å². The predicted molar refractivity (Wildman–Crippen MR) is 96.1 cm³/mol. The van der Waals surface area contributed by atoms with E-state index in [0.29, 0.717) is 38.9 Å². The lowest BCUT2D eigenvalue weighted by molar-refractivity contribution is -0.140. The van der Waals surface area contributed by atoms with E-state index in [2.05, 4.69) is 10.1 Å². The Morgan fingerprint density at radius 1 is 1.12 bits per heavy atom. The Morgan fingerprint density at radius 2 is 1.76 bits per heavy atom. The van der Waals surface area contributed by atoms with Crippen LogP contribution in [0.15, 0.2) is 0 Å². The largest absolute Gasteiger partial charge is 0.469 e. The van der Waals surface area contributed by atoms with E-state index < -0.39 is 0 Å². The minimum atomic E-state index is -0.291. The first-order chi connectivity index (χ1) is 11.9. The van der Waals surface area contributed by atoms with Crippen LogP contribution in [0.1, 0.15) is 60.2 Å². The van der Waals surface area contributed by atoms with Crippen LogP contribution in [0.2, 0.25) is 0 Å². The molecule has 0 radical (unpaired) electrons. The summed E-state index contributed by atoms with van der Waals surface area (Å²) in [5, 5.41) is 2.97. The van der Waals surface area contributed by atoms with Crippen LogP contribution in [0, 0.1) is 5.92 Å². The summed E-state index contributed by atoms with van der Waals surface area (Å²) in [6, 6.07) is 0. The topological polar surface area (TPSA) is 84.9 Å². The Balaban J connectivity index is 0.00000625. The lowest BCUT2D eigenvalue weighted by atomic mass is 9.96. The van der Waals surface area contributed by atoms with Gasteiger partial charge in [-0.05, 0) is 39.5 Å². The minimum Gasteiger partial charge on any atom is -0.469 e. The molecule has 0 atom stereocenters. The van der Waals surface area contributed by atoms with E-state index in [1.165, 1.54) is 7.11 Å². The molecular weight excluding hydrogens is 324 g/mol. The Hall–Kier alpha value is -1.79. The fourth-order valence-corrected chi connectivity index (χ4v) is 2.81. The molecule has 0 saturated carbocycles. The van der Waals surface area contributed by atoms with E-state index in [4.69, 9.17) is 4.74 Å². The summed E-state index contributed by atoms with van der Waals surface area (Å²) in [7, 11) is 1.40. The van der Waals surface area contributed by atoms with Crippen LogP contribution in [0.4, 0.5) is 4.79 Å². The first-order valence-electron chi connectivity index (χ1n) is 9.24. The van der Waals surface area contributed by atoms with Crippen molar-refractivity contribution in [3.05, 3.63) is 0 Å². The fourth-order valence-electron chi connectivity index (χ4n) is 2.81. The van der Waals surface area contributed by atoms with Gasteiger partial charge in [0.15, 0.2) is 0 Å². The number of esters is 1. The normalized spacial score (nSPS) is 15.1. The van der Waals surface area contributed by atoms with Gasteiger partial charge in [0.1, 0.15) is 0 Å². The number of ether oxygens (including phenoxy) is 2. The maximum Gasteiger partial charge on any atom is 0.410 e. The van der Waals surface area contributed by atoms with Crippen molar-refractivity contribution in [1.82, 2.24) is 10.2 Å². The highest BCUT2D eigenvalue weighted by Crippen LogP contribution is 2.18. The number of nitrogens with one attached hydrogen (secondary N) is 1. The molecule has 146 valence electrons. The second-order valence-electron chi connectivity index (χ2n) is 6.73. The zero-order chi connectivity index (χ0) is 18.7. The summed E-state index contributed by atoms with van der Waals surface area (Å²) in [5.74, 6) is -0.120. The molecule has 0 aromatic heterocycles. The smallest absolute Gasteiger partial charge is 0.410 e. The highest BCUT2D eigenvalue weighted by Gasteiger charge is 2.28. The maximum absolute atomic E-state index is 12.2. The molecule has 2 amide bonds. The second-order valence-corrected chi connectivity index (χ2v) is 6.73. The molecule has 1 aliphatic heterocycles. The number of carbonyl (C=O) groups excluding carboxylic acids is 3. The second kappa shape index (κ2) is 11.7. The van der Waals surface area contributed by atoms with Gasteiger partial charge in [0.25, 0.3) is 0 Å². The Morgan fingerprint density at radius 3 is 2.36 bits per heavy atom. The average molecular weight is 358 g/mol. The summed E-state index contributed by atoms with van der Waals surface area (Å²) in [4.78, 5) is 36.6. The van der Waals surface area contributed by atoms with Crippen LogP contribution in [-0.4, -0.2) is 55.7 Å². The molecule has 1 N–H and O–H groups in total. The van der Waals surface area contributed by atoms with Gasteiger partial charge < -0.3 is 19.7 Å². The van der Waals surface area contributed by atoms with Gasteiger partial charge in [-0.2, -0.15) is 0 Å². The van der Waals surface area contributed by atoms with E-state index in [-0.39, 0.29) is 31.4 Å². The first-order valence-corrected chi connectivity index (χ1v) is 9.24. The van der Waals surface area contributed by atoms with E-state index in [1.807, 2.05) is 13.8 Å². The van der Waals surface area contributed by atoms with Crippen molar-refractivity contribution in [2.45, 2.75) is 64.9 Å². The number of hydrogen-bond donors (Lipinski definition) is 1. The van der Waals surface area contributed by atoms with Crippen LogP contribution in [0.3, 0.4) is 0 Å². The van der Waals surface area contributed by atoms with E-state index >= 15 is 0 Å². The number of unbranched alkanes of at least 4 members (excludes halogenated alkanes) is 3. The van der Waals surface area contributed by atoms with Crippen molar-refractivity contribution in [2.24, 2.45) is 5.92 Å². The molecule has 7 nitrogen and oxygen atoms in total. The summed E-state index contributed by atoms with van der Waals surface area (Å²) in [6.07, 6.45) is 5.08. The molecule has 0 unspecified atom stereocenters. The van der Waals surface area contributed by atoms with Gasteiger partial charge >= 0.3 is 12.1 Å². The summed E-state index contributed by atoms with van der Waals surface area (Å²) in [6.45, 7) is 5.45. The van der Waals surface area contributed by atoms with Crippen molar-refractivity contribution in [3.8, 4) is 0 Å². The molecule has 1 heterocycles. The summed E-state index contributed by atoms with van der Waals surface area (Å²) >= 11 is 0. The van der Waals surface area contributed by atoms with Crippen LogP contribution in [0.25, 0.3) is 0 Å². The van der Waals surface area contributed by atoms with Crippen molar-refractivity contribution in [1.29, 1.82) is 0 Å². The van der Waals surface area contributed by atoms with Crippen LogP contribution < -0.4 is 5.32 Å². The molecule has 1 fully saturated rings. The van der Waals surface area contributed by atoms with E-state index in [0.717, 1.165) is 25.7 Å². The van der Waals surface area contributed by atoms with Crippen molar-refractivity contribution in [3.63, 3.8) is 0 Å². The standard InChI is InChI=1S/C18H32N2O5.H2/c1-14(2)25-18(23)20-12-9-15(10-13-20)17(22)19-11-7-5-4-6-8-16(21)24-3;/h14-15H,4-13H2,1-3H3,(H,19,22);1H.